The second-order valence-electron chi connectivity index (χ2n) is 8.72. The number of guanidine groups is 1. The van der Waals surface area contributed by atoms with Crippen LogP contribution >= 0.6 is 0 Å². The maximum absolute atomic E-state index is 11.9. The summed E-state index contributed by atoms with van der Waals surface area (Å²) in [5, 5.41) is 3.36. The Morgan fingerprint density at radius 3 is 2.47 bits per heavy atom. The van der Waals surface area contributed by atoms with Gasteiger partial charge in [0.05, 0.1) is 27.4 Å². The van der Waals surface area contributed by atoms with E-state index in [9.17, 15) is 4.79 Å². The Balaban J connectivity index is 1.64. The molecule has 0 aromatic heterocycles. The molecule has 3 rings (SSSR count). The largest absolute Gasteiger partial charge is 0.493 e. The van der Waals surface area contributed by atoms with Gasteiger partial charge in [0.15, 0.2) is 17.5 Å². The zero-order valence-corrected chi connectivity index (χ0v) is 19.7. The lowest BCUT2D eigenvalue weighted by Gasteiger charge is -2.37. The number of carbonyl (C=O) groups is 1. The summed E-state index contributed by atoms with van der Waals surface area (Å²) >= 11 is 0. The number of nitrogens with two attached hydrogens (primary N) is 1. The van der Waals surface area contributed by atoms with Crippen molar-refractivity contribution in [2.24, 2.45) is 10.7 Å². The van der Waals surface area contributed by atoms with Crippen LogP contribution < -0.4 is 20.5 Å². The van der Waals surface area contributed by atoms with E-state index in [-0.39, 0.29) is 17.6 Å². The minimum absolute atomic E-state index is 0.0443. The number of carbonyl (C=O) groups excluding carboxylic acids is 1. The van der Waals surface area contributed by atoms with Crippen molar-refractivity contribution in [3.63, 3.8) is 0 Å². The van der Waals surface area contributed by atoms with E-state index in [1.165, 1.54) is 24.8 Å². The van der Waals surface area contributed by atoms with Crippen molar-refractivity contribution in [3.05, 3.63) is 23.8 Å². The molecule has 0 spiro atoms. The third-order valence-corrected chi connectivity index (χ3v) is 6.73. The molecule has 1 heterocycles. The Hall–Kier alpha value is -2.64. The van der Waals surface area contributed by atoms with Crippen molar-refractivity contribution in [2.75, 3.05) is 40.5 Å². The topological polar surface area (TPSA) is 98.4 Å². The number of nitrogens with one attached hydrogen (secondary N) is 1. The summed E-state index contributed by atoms with van der Waals surface area (Å²) < 4.78 is 16.0. The lowest BCUT2D eigenvalue weighted by Crippen LogP contribution is -2.49. The Morgan fingerprint density at radius 1 is 1.16 bits per heavy atom. The molecule has 0 bridgehead atoms. The SMILES string of the molecule is CCOC(=O)N1CCC(NC(N)=NCC2(c3ccc(OC)c(OC)c3)CCCCC2)CC1. The monoisotopic (exact) mass is 446 g/mol. The van der Waals surface area contributed by atoms with Gasteiger partial charge < -0.3 is 30.2 Å². The third-order valence-electron chi connectivity index (χ3n) is 6.73. The third kappa shape index (κ3) is 5.78. The lowest BCUT2D eigenvalue weighted by molar-refractivity contribution is 0.0963. The molecule has 1 aromatic rings. The van der Waals surface area contributed by atoms with E-state index in [1.807, 2.05) is 13.0 Å². The zero-order valence-electron chi connectivity index (χ0n) is 19.7. The highest BCUT2D eigenvalue weighted by molar-refractivity contribution is 5.78. The lowest BCUT2D eigenvalue weighted by atomic mass is 9.69. The minimum atomic E-state index is -0.234. The molecule has 0 radical (unpaired) electrons. The quantitative estimate of drug-likeness (QED) is 0.492. The highest BCUT2D eigenvalue weighted by Gasteiger charge is 2.34. The first-order valence-electron chi connectivity index (χ1n) is 11.7. The number of methoxy groups -OCH3 is 2. The molecule has 8 nitrogen and oxygen atoms in total. The number of nitrogens with zero attached hydrogens (tertiary/aromatic N) is 2. The molecule has 1 saturated heterocycles. The first-order valence-corrected chi connectivity index (χ1v) is 11.7. The summed E-state index contributed by atoms with van der Waals surface area (Å²) in [5.74, 6) is 1.96. The van der Waals surface area contributed by atoms with Crippen LogP contribution in [0.25, 0.3) is 0 Å². The second kappa shape index (κ2) is 11.3. The number of ether oxygens (including phenoxy) is 3. The van der Waals surface area contributed by atoms with Gasteiger partial charge in [-0.1, -0.05) is 25.3 Å². The van der Waals surface area contributed by atoms with Crippen LogP contribution in [0.15, 0.2) is 23.2 Å². The average molecular weight is 447 g/mol. The van der Waals surface area contributed by atoms with Gasteiger partial charge in [-0.3, -0.25) is 4.99 Å². The van der Waals surface area contributed by atoms with E-state index < -0.39 is 0 Å². The van der Waals surface area contributed by atoms with Crippen LogP contribution in [-0.2, 0) is 10.2 Å². The number of likely N-dealkylation sites (tertiary alicyclic amines) is 1. The Kier molecular flexibility index (Phi) is 8.47. The van der Waals surface area contributed by atoms with Crippen molar-refractivity contribution in [2.45, 2.75) is 63.3 Å². The van der Waals surface area contributed by atoms with E-state index >= 15 is 0 Å². The van der Waals surface area contributed by atoms with Gasteiger partial charge in [0.2, 0.25) is 0 Å². The molecular formula is C24H38N4O4. The molecule has 1 aliphatic heterocycles. The number of aliphatic imine (C=N–C) groups is 1. The molecule has 1 saturated carbocycles. The standard InChI is InChI=1S/C24H38N4O4/c1-4-32-23(29)28-14-10-19(11-15-28)27-22(25)26-17-24(12-6-5-7-13-24)18-8-9-20(30-2)21(16-18)31-3/h8-9,16,19H,4-7,10-15,17H2,1-3H3,(H3,25,26,27). The maximum atomic E-state index is 11.9. The van der Waals surface area contributed by atoms with Gasteiger partial charge in [-0.25, -0.2) is 4.79 Å². The molecule has 0 atom stereocenters. The first kappa shape index (κ1) is 24.0. The molecule has 32 heavy (non-hydrogen) atoms. The molecule has 1 aromatic carbocycles. The molecule has 8 heteroatoms. The van der Waals surface area contributed by atoms with Crippen molar-refractivity contribution in [1.29, 1.82) is 0 Å². The smallest absolute Gasteiger partial charge is 0.409 e. The van der Waals surface area contributed by atoms with Crippen molar-refractivity contribution in [3.8, 4) is 11.5 Å². The number of hydrogen-bond donors (Lipinski definition) is 2. The van der Waals surface area contributed by atoms with Gasteiger partial charge in [-0.05, 0) is 50.3 Å². The van der Waals surface area contributed by atoms with Gasteiger partial charge in [0.25, 0.3) is 0 Å². The first-order chi connectivity index (χ1) is 15.5. The van der Waals surface area contributed by atoms with E-state index in [1.54, 1.807) is 19.1 Å². The van der Waals surface area contributed by atoms with E-state index in [0.717, 1.165) is 37.2 Å². The van der Waals surface area contributed by atoms with E-state index in [2.05, 4.69) is 17.4 Å². The number of hydrogen-bond acceptors (Lipinski definition) is 5. The highest BCUT2D eigenvalue weighted by atomic mass is 16.6. The summed E-state index contributed by atoms with van der Waals surface area (Å²) in [5.41, 5.74) is 7.48. The van der Waals surface area contributed by atoms with Gasteiger partial charge in [0.1, 0.15) is 0 Å². The zero-order chi connectivity index (χ0) is 23.0. The molecule has 3 N–H and O–H groups in total. The molecular weight excluding hydrogens is 408 g/mol. The maximum Gasteiger partial charge on any atom is 0.409 e. The van der Waals surface area contributed by atoms with E-state index in [0.29, 0.717) is 32.2 Å². The predicted molar refractivity (Wildman–Crippen MR) is 126 cm³/mol. The van der Waals surface area contributed by atoms with Crippen molar-refractivity contribution in [1.82, 2.24) is 10.2 Å². The van der Waals surface area contributed by atoms with Crippen LogP contribution in [0.4, 0.5) is 4.79 Å². The molecule has 1 amide bonds. The minimum Gasteiger partial charge on any atom is -0.493 e. The summed E-state index contributed by atoms with van der Waals surface area (Å²) in [4.78, 5) is 18.4. The molecule has 0 unspecified atom stereocenters. The van der Waals surface area contributed by atoms with Gasteiger partial charge >= 0.3 is 6.09 Å². The number of piperidine rings is 1. The fraction of sp³-hybridized carbons (Fsp3) is 0.667. The fourth-order valence-electron chi connectivity index (χ4n) is 4.85. The number of rotatable bonds is 7. The van der Waals surface area contributed by atoms with Crippen LogP contribution in [-0.4, -0.2) is 63.5 Å². The Morgan fingerprint density at radius 2 is 1.84 bits per heavy atom. The van der Waals surface area contributed by atoms with E-state index in [4.69, 9.17) is 24.9 Å². The predicted octanol–water partition coefficient (Wildman–Crippen LogP) is 3.43. The average Bonchev–Trinajstić information content (AvgIpc) is 2.83. The van der Waals surface area contributed by atoms with Gasteiger partial charge in [0, 0.05) is 24.5 Å². The Labute approximate surface area is 191 Å². The number of amides is 1. The van der Waals surface area contributed by atoms with Crippen LogP contribution in [0.3, 0.4) is 0 Å². The second-order valence-corrected chi connectivity index (χ2v) is 8.72. The van der Waals surface area contributed by atoms with Gasteiger partial charge in [-0.2, -0.15) is 0 Å². The summed E-state index contributed by atoms with van der Waals surface area (Å²) in [6.45, 7) is 4.20. The summed E-state index contributed by atoms with van der Waals surface area (Å²) in [7, 11) is 3.32. The Bertz CT molecular complexity index is 784. The van der Waals surface area contributed by atoms with Crippen LogP contribution in [0.2, 0.25) is 0 Å². The molecule has 1 aliphatic carbocycles. The fourth-order valence-corrected chi connectivity index (χ4v) is 4.85. The molecule has 2 aliphatic rings. The highest BCUT2D eigenvalue weighted by Crippen LogP contribution is 2.42. The van der Waals surface area contributed by atoms with Crippen LogP contribution in [0.5, 0.6) is 11.5 Å². The molecule has 2 fully saturated rings. The van der Waals surface area contributed by atoms with Crippen LogP contribution in [0, 0.1) is 0 Å². The van der Waals surface area contributed by atoms with Crippen LogP contribution in [0.1, 0.15) is 57.4 Å². The number of benzene rings is 1. The summed E-state index contributed by atoms with van der Waals surface area (Å²) in [6, 6.07) is 6.42. The summed E-state index contributed by atoms with van der Waals surface area (Å²) in [6.07, 6.45) is 7.21. The molecule has 178 valence electrons. The van der Waals surface area contributed by atoms with Crippen molar-refractivity contribution < 1.29 is 19.0 Å². The van der Waals surface area contributed by atoms with Gasteiger partial charge in [-0.15, -0.1) is 0 Å². The normalized spacial score (nSPS) is 19.3. The van der Waals surface area contributed by atoms with Crippen molar-refractivity contribution >= 4 is 12.1 Å².